The summed E-state index contributed by atoms with van der Waals surface area (Å²) in [5.41, 5.74) is 1.86. The zero-order chi connectivity index (χ0) is 55.4. The SMILES string of the molecule is CC[C@@]1(O)C(=O)OCc2c1cc1n(c2=O)Cc2c-1nc1cc(F)c(C)c3c1c2[C@@H](N1CCOC(OCNC(=O)CNC(=O)[C@H](Cc2ccccc2)NC(=O)CNC(=O)CNC(=O)CCCCCN2C(=O)C=CC2=O)C1=O)CC3. The minimum atomic E-state index is -2.07. The van der Waals surface area contributed by atoms with Crippen molar-refractivity contribution in [2.24, 2.45) is 0 Å². The Morgan fingerprint density at radius 1 is 0.885 bits per heavy atom. The highest BCUT2D eigenvalue weighted by atomic mass is 19.1. The molecule has 4 atom stereocenters. The number of fused-ring (bicyclic) bond motifs is 5. The first kappa shape index (κ1) is 54.6. The summed E-state index contributed by atoms with van der Waals surface area (Å²) in [7, 11) is 0. The van der Waals surface area contributed by atoms with Crippen LogP contribution in [0.3, 0.4) is 0 Å². The lowest BCUT2D eigenvalue weighted by atomic mass is 9.81. The molecule has 4 aromatic rings. The molecule has 0 spiro atoms. The number of halogens is 1. The first-order valence-electron chi connectivity index (χ1n) is 25.8. The molecule has 1 unspecified atom stereocenters. The zero-order valence-electron chi connectivity index (χ0n) is 42.9. The number of aromatic nitrogens is 2. The molecule has 2 aromatic carbocycles. The molecule has 1 fully saturated rings. The molecule has 78 heavy (non-hydrogen) atoms. The number of amides is 8. The van der Waals surface area contributed by atoms with Gasteiger partial charge in [0.25, 0.3) is 23.3 Å². The van der Waals surface area contributed by atoms with E-state index in [0.717, 1.165) is 10.5 Å². The minimum Gasteiger partial charge on any atom is -0.458 e. The van der Waals surface area contributed by atoms with Crippen LogP contribution >= 0.6 is 0 Å². The van der Waals surface area contributed by atoms with E-state index in [1.165, 1.54) is 22.8 Å². The van der Waals surface area contributed by atoms with E-state index < -0.39 is 103 Å². The molecule has 4 aliphatic heterocycles. The number of ether oxygens (including phenoxy) is 3. The third-order valence-corrected chi connectivity index (χ3v) is 14.7. The molecule has 23 nitrogen and oxygen atoms in total. The quantitative estimate of drug-likeness (QED) is 0.0250. The maximum atomic E-state index is 15.6. The van der Waals surface area contributed by atoms with Gasteiger partial charge in [0.05, 0.1) is 61.3 Å². The molecule has 8 amide bonds. The van der Waals surface area contributed by atoms with E-state index in [4.69, 9.17) is 19.2 Å². The number of unbranched alkanes of at least 4 members (excludes halogenated alkanes) is 2. The number of pyridine rings is 2. The topological polar surface area (TPSA) is 303 Å². The van der Waals surface area contributed by atoms with Crippen LogP contribution in [-0.2, 0) is 89.0 Å². The third kappa shape index (κ3) is 11.1. The van der Waals surface area contributed by atoms with Crippen molar-refractivity contribution in [2.45, 2.75) is 102 Å². The molecule has 6 N–H and O–H groups in total. The molecule has 0 bridgehead atoms. The van der Waals surface area contributed by atoms with Gasteiger partial charge in [0, 0.05) is 60.7 Å². The molecule has 0 saturated carbocycles. The largest absolute Gasteiger partial charge is 0.458 e. The molecule has 6 heterocycles. The first-order chi connectivity index (χ1) is 37.5. The van der Waals surface area contributed by atoms with Crippen LogP contribution in [0.1, 0.15) is 90.4 Å². The van der Waals surface area contributed by atoms with Crippen LogP contribution in [-0.4, -0.2) is 136 Å². The Morgan fingerprint density at radius 2 is 1.60 bits per heavy atom. The lowest BCUT2D eigenvalue weighted by Crippen LogP contribution is -2.53. The number of nitrogens with zero attached hydrogens (tertiary/aromatic N) is 4. The number of hydrogen-bond donors (Lipinski definition) is 6. The molecule has 5 aliphatic rings. The Balaban J connectivity index is 0.781. The number of carbonyl (C=O) groups excluding carboxylic acids is 9. The number of cyclic esters (lactones) is 1. The van der Waals surface area contributed by atoms with Gasteiger partial charge in [-0.2, -0.15) is 0 Å². The number of rotatable bonds is 21. The van der Waals surface area contributed by atoms with Crippen molar-refractivity contribution >= 4 is 64.1 Å². The van der Waals surface area contributed by atoms with Crippen LogP contribution in [0.5, 0.6) is 0 Å². The van der Waals surface area contributed by atoms with Crippen LogP contribution in [0.25, 0.3) is 22.3 Å². The van der Waals surface area contributed by atoms with Crippen LogP contribution in [0.15, 0.2) is 59.4 Å². The molecule has 2 aromatic heterocycles. The maximum absolute atomic E-state index is 15.6. The molecule has 24 heteroatoms. The van der Waals surface area contributed by atoms with Gasteiger partial charge in [0.1, 0.15) is 25.2 Å². The fraction of sp³-hybridized carbons (Fsp3) is 0.426. The Bertz CT molecular complexity index is 3220. The standard InChI is InChI=1S/C54H58FN9O14/c1-3-54(75)34-21-39-48-32(26-64(39)50(72)33(34)27-77-53(54)74)47-38(14-13-31-29(2)35(55)22-36(61-48)46(31)47)62-18-19-76-52(51(62)73)78-28-59-42(67)24-58-49(71)37(20-30-10-6-4-7-11-30)60-43(68)25-57-41(66)23-56-40(65)12-8-5-9-17-63-44(69)15-16-45(63)70/h4,6-7,10-11,15-16,21-22,37-38,52,75H,3,5,8-9,12-14,17-20,23-28H2,1-2H3,(H,56,65)(H,57,66)(H,58,71)(H,59,67)(H,60,68)/t37-,38-,52?,54-/m0/s1. The van der Waals surface area contributed by atoms with E-state index in [1.807, 2.05) is 0 Å². The molecule has 410 valence electrons. The smallest absolute Gasteiger partial charge is 0.343 e. The molecule has 1 aliphatic carbocycles. The monoisotopic (exact) mass is 1080 g/mol. The maximum Gasteiger partial charge on any atom is 0.343 e. The predicted molar refractivity (Wildman–Crippen MR) is 271 cm³/mol. The average Bonchev–Trinajstić information content (AvgIpc) is 3.96. The normalized spacial score (nSPS) is 19.4. The summed E-state index contributed by atoms with van der Waals surface area (Å²) >= 11 is 0. The van der Waals surface area contributed by atoms with Gasteiger partial charge >= 0.3 is 5.97 Å². The van der Waals surface area contributed by atoms with E-state index in [9.17, 15) is 53.1 Å². The average molecular weight is 1080 g/mol. The Kier molecular flexibility index (Phi) is 16.2. The second kappa shape index (κ2) is 23.2. The van der Waals surface area contributed by atoms with Crippen molar-refractivity contribution in [3.05, 3.63) is 110 Å². The summed E-state index contributed by atoms with van der Waals surface area (Å²) < 4.78 is 33.8. The van der Waals surface area contributed by atoms with Crippen molar-refractivity contribution in [1.82, 2.24) is 45.9 Å². The van der Waals surface area contributed by atoms with Gasteiger partial charge in [-0.05, 0) is 67.3 Å². The van der Waals surface area contributed by atoms with Gasteiger partial charge in [-0.1, -0.05) is 43.7 Å². The second-order valence-electron chi connectivity index (χ2n) is 19.6. The Morgan fingerprint density at radius 3 is 2.36 bits per heavy atom. The Hall–Kier alpha value is -8.22. The molecular weight excluding hydrogens is 1020 g/mol. The highest BCUT2D eigenvalue weighted by molar-refractivity contribution is 6.12. The zero-order valence-corrected chi connectivity index (χ0v) is 42.9. The fourth-order valence-corrected chi connectivity index (χ4v) is 10.6. The number of aliphatic hydroxyl groups is 1. The van der Waals surface area contributed by atoms with Crippen LogP contribution < -0.4 is 32.1 Å². The highest BCUT2D eigenvalue weighted by Gasteiger charge is 2.47. The van der Waals surface area contributed by atoms with Gasteiger partial charge in [-0.3, -0.25) is 48.1 Å². The second-order valence-corrected chi connectivity index (χ2v) is 19.6. The van der Waals surface area contributed by atoms with Crippen molar-refractivity contribution < 1.29 is 66.9 Å². The number of carbonyl (C=O) groups is 9. The number of aryl methyl sites for hydroxylation is 1. The Labute approximate surface area is 445 Å². The summed E-state index contributed by atoms with van der Waals surface area (Å²) in [4.78, 5) is 136. The third-order valence-electron chi connectivity index (χ3n) is 14.7. The fourth-order valence-electron chi connectivity index (χ4n) is 10.6. The minimum absolute atomic E-state index is 0.0252. The van der Waals surface area contributed by atoms with Crippen molar-refractivity contribution in [2.75, 3.05) is 46.1 Å². The number of nitrogens with one attached hydrogen (secondary N) is 5. The molecular formula is C54H58FN9O14. The van der Waals surface area contributed by atoms with Crippen LogP contribution in [0.2, 0.25) is 0 Å². The van der Waals surface area contributed by atoms with E-state index >= 15 is 4.39 Å². The number of benzene rings is 2. The number of imide groups is 1. The molecule has 1 saturated heterocycles. The van der Waals surface area contributed by atoms with Gasteiger partial charge < -0.3 is 55.4 Å². The van der Waals surface area contributed by atoms with Gasteiger partial charge in [0.2, 0.25) is 35.8 Å². The van der Waals surface area contributed by atoms with E-state index in [-0.39, 0.29) is 75.1 Å². The van der Waals surface area contributed by atoms with Crippen LogP contribution in [0.4, 0.5) is 4.39 Å². The lowest BCUT2D eigenvalue weighted by Gasteiger charge is -2.41. The summed E-state index contributed by atoms with van der Waals surface area (Å²) in [6.45, 7) is 1.43. The highest BCUT2D eigenvalue weighted by Crippen LogP contribution is 2.48. The van der Waals surface area contributed by atoms with Gasteiger partial charge in [-0.25, -0.2) is 14.2 Å². The number of hydrogen-bond acceptors (Lipinski definition) is 15. The van der Waals surface area contributed by atoms with Gasteiger partial charge in [-0.15, -0.1) is 0 Å². The van der Waals surface area contributed by atoms with Gasteiger partial charge in [0.15, 0.2) is 5.60 Å². The number of morpholine rings is 1. The van der Waals surface area contributed by atoms with Crippen molar-refractivity contribution in [3.63, 3.8) is 0 Å². The predicted octanol–water partition coefficient (Wildman–Crippen LogP) is 0.351. The van der Waals surface area contributed by atoms with Crippen LogP contribution in [0, 0.1) is 12.7 Å². The number of esters is 1. The summed E-state index contributed by atoms with van der Waals surface area (Å²) in [6.07, 6.45) is 3.33. The van der Waals surface area contributed by atoms with Crippen molar-refractivity contribution in [1.29, 1.82) is 0 Å². The first-order valence-corrected chi connectivity index (χ1v) is 25.8. The summed E-state index contributed by atoms with van der Waals surface area (Å²) in [5, 5.41) is 24.5. The summed E-state index contributed by atoms with van der Waals surface area (Å²) in [6, 6.07) is 9.85. The van der Waals surface area contributed by atoms with E-state index in [2.05, 4.69) is 26.6 Å². The van der Waals surface area contributed by atoms with E-state index in [1.54, 1.807) is 55.1 Å². The summed E-state index contributed by atoms with van der Waals surface area (Å²) in [5.74, 6) is -5.86. The molecule has 9 rings (SSSR count). The van der Waals surface area contributed by atoms with Crippen molar-refractivity contribution in [3.8, 4) is 11.4 Å². The molecule has 0 radical (unpaired) electrons. The lowest BCUT2D eigenvalue weighted by molar-refractivity contribution is -0.202. The van der Waals surface area contributed by atoms with E-state index in [0.29, 0.717) is 76.6 Å².